The Bertz CT molecular complexity index is 905. The van der Waals surface area contributed by atoms with Gasteiger partial charge in [0, 0.05) is 24.4 Å². The third-order valence-electron chi connectivity index (χ3n) is 5.37. The molecule has 0 unspecified atom stereocenters. The number of ether oxygens (including phenoxy) is 1. The highest BCUT2D eigenvalue weighted by Crippen LogP contribution is 2.46. The number of fused-ring (bicyclic) bond motifs is 2. The number of urea groups is 1. The number of piperidine rings is 1. The van der Waals surface area contributed by atoms with Crippen LogP contribution in [0.1, 0.15) is 23.3 Å². The lowest BCUT2D eigenvalue weighted by molar-refractivity contribution is -0.139. The molecule has 4 rings (SSSR count). The van der Waals surface area contributed by atoms with Crippen LogP contribution in [-0.2, 0) is 21.6 Å². The van der Waals surface area contributed by atoms with Gasteiger partial charge >= 0.3 is 6.03 Å². The smallest absolute Gasteiger partial charge is 0.312 e. The molecule has 0 aliphatic carbocycles. The number of anilines is 1. The predicted molar refractivity (Wildman–Crippen MR) is 107 cm³/mol. The fourth-order valence-corrected chi connectivity index (χ4v) is 5.14. The number of carbonyl (C=O) groups excluding carboxylic acids is 2. The van der Waals surface area contributed by atoms with Crippen LogP contribution >= 0.6 is 11.3 Å². The van der Waals surface area contributed by atoms with Gasteiger partial charge in [0.05, 0.1) is 29.3 Å². The van der Waals surface area contributed by atoms with E-state index in [1.54, 1.807) is 22.3 Å². The molecule has 0 radical (unpaired) electrons. The molecule has 9 heteroatoms. The van der Waals surface area contributed by atoms with Crippen molar-refractivity contribution >= 4 is 29.1 Å². The molecule has 148 valence electrons. The van der Waals surface area contributed by atoms with Gasteiger partial charge in [0.25, 0.3) is 0 Å². The second kappa shape index (κ2) is 7.40. The largest absolute Gasteiger partial charge is 0.384 e. The maximum Gasteiger partial charge on any atom is 0.312 e. The maximum atomic E-state index is 12.2. The Morgan fingerprint density at radius 3 is 2.82 bits per heavy atom. The summed E-state index contributed by atoms with van der Waals surface area (Å²) >= 11 is 1.74. The Balaban J connectivity index is 1.52. The first-order valence-corrected chi connectivity index (χ1v) is 10.1. The van der Waals surface area contributed by atoms with Crippen molar-refractivity contribution in [2.75, 3.05) is 32.0 Å². The van der Waals surface area contributed by atoms with E-state index < -0.39 is 6.03 Å². The first-order chi connectivity index (χ1) is 13.5. The number of nitrogens with zero attached hydrogens (tertiary/aromatic N) is 2. The standard InChI is InChI=1S/C19H23N5O3S/c20-16-3-1-2-13(23-16)15-10-12-14(28-15)4-9-27-19(12)5-7-24(8-6-19)17(25)11-22-18(21)26/h1-3,10H,4-9,11H2,(H2,20,23)(H3,21,22,26). The van der Waals surface area contributed by atoms with Crippen molar-refractivity contribution in [3.05, 3.63) is 34.7 Å². The number of rotatable bonds is 3. The monoisotopic (exact) mass is 401 g/mol. The Morgan fingerprint density at radius 2 is 2.11 bits per heavy atom. The van der Waals surface area contributed by atoms with Crippen molar-refractivity contribution in [1.29, 1.82) is 0 Å². The summed E-state index contributed by atoms with van der Waals surface area (Å²) in [5.41, 5.74) is 12.6. The summed E-state index contributed by atoms with van der Waals surface area (Å²) in [6, 6.07) is 7.14. The second-order valence-electron chi connectivity index (χ2n) is 7.09. The molecule has 1 fully saturated rings. The second-order valence-corrected chi connectivity index (χ2v) is 8.22. The lowest BCUT2D eigenvalue weighted by atomic mass is 9.82. The number of hydrogen-bond acceptors (Lipinski definition) is 6. The molecule has 8 nitrogen and oxygen atoms in total. The van der Waals surface area contributed by atoms with Crippen molar-refractivity contribution in [3.8, 4) is 10.6 Å². The van der Waals surface area contributed by atoms with Crippen LogP contribution in [0.2, 0.25) is 0 Å². The summed E-state index contributed by atoms with van der Waals surface area (Å²) in [5, 5.41) is 2.36. The lowest BCUT2D eigenvalue weighted by Gasteiger charge is -2.44. The van der Waals surface area contributed by atoms with E-state index in [1.807, 2.05) is 12.1 Å². The Labute approximate surface area is 166 Å². The number of thiophene rings is 1. The number of amides is 3. The topological polar surface area (TPSA) is 124 Å². The van der Waals surface area contributed by atoms with Crippen LogP contribution in [0.15, 0.2) is 24.3 Å². The van der Waals surface area contributed by atoms with E-state index in [-0.39, 0.29) is 18.1 Å². The molecule has 5 N–H and O–H groups in total. The normalized spacial score (nSPS) is 17.9. The molecule has 0 atom stereocenters. The van der Waals surface area contributed by atoms with Crippen molar-refractivity contribution in [3.63, 3.8) is 0 Å². The van der Waals surface area contributed by atoms with E-state index in [1.165, 1.54) is 10.4 Å². The maximum absolute atomic E-state index is 12.2. The number of nitrogen functional groups attached to an aromatic ring is 1. The molecule has 1 spiro atoms. The Hall–Kier alpha value is -2.65. The van der Waals surface area contributed by atoms with E-state index in [0.29, 0.717) is 25.5 Å². The first kappa shape index (κ1) is 18.7. The quantitative estimate of drug-likeness (QED) is 0.718. The minimum Gasteiger partial charge on any atom is -0.384 e. The average Bonchev–Trinajstić information content (AvgIpc) is 3.13. The number of aromatic nitrogens is 1. The summed E-state index contributed by atoms with van der Waals surface area (Å²) in [6.45, 7) is 1.77. The number of pyridine rings is 1. The fraction of sp³-hybridized carbons (Fsp3) is 0.421. The van der Waals surface area contributed by atoms with Crippen LogP contribution in [0.4, 0.5) is 10.6 Å². The SMILES string of the molecule is NC(=O)NCC(=O)N1CCC2(CC1)OCCc1sc(-c3cccc(N)n3)cc12. The fourth-order valence-electron chi connectivity index (χ4n) is 3.94. The molecular formula is C19H23N5O3S. The third-order valence-corrected chi connectivity index (χ3v) is 6.59. The molecule has 0 aromatic carbocycles. The number of hydrogen-bond donors (Lipinski definition) is 3. The molecular weight excluding hydrogens is 378 g/mol. The highest BCUT2D eigenvalue weighted by atomic mass is 32.1. The van der Waals surface area contributed by atoms with E-state index in [0.717, 1.165) is 29.8 Å². The van der Waals surface area contributed by atoms with Gasteiger partial charge in [-0.15, -0.1) is 11.3 Å². The minimum absolute atomic E-state index is 0.0713. The van der Waals surface area contributed by atoms with Crippen molar-refractivity contribution < 1.29 is 14.3 Å². The van der Waals surface area contributed by atoms with Crippen molar-refractivity contribution in [1.82, 2.24) is 15.2 Å². The van der Waals surface area contributed by atoms with Crippen LogP contribution in [0.25, 0.3) is 10.6 Å². The highest BCUT2D eigenvalue weighted by molar-refractivity contribution is 7.15. The number of carbonyl (C=O) groups is 2. The molecule has 1 saturated heterocycles. The molecule has 3 amide bonds. The summed E-state index contributed by atoms with van der Waals surface area (Å²) in [5.74, 6) is 0.380. The van der Waals surface area contributed by atoms with Gasteiger partial charge in [0.2, 0.25) is 5.91 Å². The first-order valence-electron chi connectivity index (χ1n) is 9.28. The van der Waals surface area contributed by atoms with Crippen LogP contribution in [-0.4, -0.2) is 48.1 Å². The number of nitrogens with two attached hydrogens (primary N) is 2. The Kier molecular flexibility index (Phi) is 4.94. The van der Waals surface area contributed by atoms with Gasteiger partial charge < -0.3 is 26.4 Å². The van der Waals surface area contributed by atoms with Crippen LogP contribution in [0, 0.1) is 0 Å². The molecule has 4 heterocycles. The van der Waals surface area contributed by atoms with Crippen LogP contribution in [0.5, 0.6) is 0 Å². The number of nitrogens with one attached hydrogen (secondary N) is 1. The molecule has 2 aromatic rings. The zero-order valence-corrected chi connectivity index (χ0v) is 16.3. The summed E-state index contributed by atoms with van der Waals surface area (Å²) in [6.07, 6.45) is 2.33. The van der Waals surface area contributed by atoms with Crippen molar-refractivity contribution in [2.24, 2.45) is 5.73 Å². The number of primary amides is 1. The third kappa shape index (κ3) is 3.55. The van der Waals surface area contributed by atoms with Crippen LogP contribution < -0.4 is 16.8 Å². The summed E-state index contributed by atoms with van der Waals surface area (Å²) in [4.78, 5) is 31.7. The zero-order valence-electron chi connectivity index (χ0n) is 15.4. The molecule has 2 aromatic heterocycles. The van der Waals surface area contributed by atoms with Gasteiger partial charge in [-0.2, -0.15) is 0 Å². The van der Waals surface area contributed by atoms with Gasteiger partial charge in [-0.25, -0.2) is 9.78 Å². The van der Waals surface area contributed by atoms with E-state index in [4.69, 9.17) is 16.2 Å². The summed E-state index contributed by atoms with van der Waals surface area (Å²) < 4.78 is 6.27. The molecule has 0 bridgehead atoms. The van der Waals surface area contributed by atoms with Gasteiger partial charge in [-0.1, -0.05) is 6.07 Å². The summed E-state index contributed by atoms with van der Waals surface area (Å²) in [7, 11) is 0. The molecule has 0 saturated carbocycles. The van der Waals surface area contributed by atoms with E-state index >= 15 is 0 Å². The van der Waals surface area contributed by atoms with Gasteiger partial charge in [0.1, 0.15) is 5.82 Å². The van der Waals surface area contributed by atoms with E-state index in [9.17, 15) is 9.59 Å². The van der Waals surface area contributed by atoms with Gasteiger partial charge in [-0.3, -0.25) is 4.79 Å². The predicted octanol–water partition coefficient (Wildman–Crippen LogP) is 1.45. The number of likely N-dealkylation sites (tertiary alicyclic amines) is 1. The van der Waals surface area contributed by atoms with E-state index in [2.05, 4.69) is 16.4 Å². The lowest BCUT2D eigenvalue weighted by Crippen LogP contribution is -2.50. The van der Waals surface area contributed by atoms with Crippen molar-refractivity contribution in [2.45, 2.75) is 24.9 Å². The zero-order chi connectivity index (χ0) is 19.7. The molecule has 2 aliphatic rings. The van der Waals surface area contributed by atoms with Gasteiger partial charge in [-0.05, 0) is 36.6 Å². The molecule has 28 heavy (non-hydrogen) atoms. The highest BCUT2D eigenvalue weighted by Gasteiger charge is 2.42. The minimum atomic E-state index is -0.692. The molecule has 2 aliphatic heterocycles. The van der Waals surface area contributed by atoms with Crippen LogP contribution in [0.3, 0.4) is 0 Å². The Morgan fingerprint density at radius 1 is 1.32 bits per heavy atom. The average molecular weight is 401 g/mol. The van der Waals surface area contributed by atoms with Gasteiger partial charge in [0.15, 0.2) is 0 Å².